The van der Waals surface area contributed by atoms with Crippen LogP contribution in [0.2, 0.25) is 0 Å². The number of carbonyl (C=O) groups excluding carboxylic acids is 1. The van der Waals surface area contributed by atoms with E-state index >= 15 is 0 Å². The Morgan fingerprint density at radius 3 is 2.81 bits per heavy atom. The Morgan fingerprint density at radius 1 is 1.14 bits per heavy atom. The summed E-state index contributed by atoms with van der Waals surface area (Å²) in [6, 6.07) is 9.99. The van der Waals surface area contributed by atoms with Gasteiger partial charge in [0.1, 0.15) is 0 Å². The molecule has 2 nitrogen and oxygen atoms in total. The Kier molecular flexibility index (Phi) is 4.29. The largest absolute Gasteiger partial charge is 0.465 e. The van der Waals surface area contributed by atoms with E-state index in [0.717, 1.165) is 24.8 Å². The average molecular weight is 282 g/mol. The fourth-order valence-corrected chi connectivity index (χ4v) is 3.63. The van der Waals surface area contributed by atoms with Crippen LogP contribution in [0.4, 0.5) is 0 Å². The van der Waals surface area contributed by atoms with E-state index in [1.165, 1.54) is 19.3 Å². The number of hydrogen-bond acceptors (Lipinski definition) is 2. The van der Waals surface area contributed by atoms with Gasteiger partial charge in [0.25, 0.3) is 0 Å². The van der Waals surface area contributed by atoms with Gasteiger partial charge in [0.2, 0.25) is 0 Å². The van der Waals surface area contributed by atoms with Crippen molar-refractivity contribution in [1.82, 2.24) is 0 Å². The summed E-state index contributed by atoms with van der Waals surface area (Å²) in [5, 5.41) is 0. The van der Waals surface area contributed by atoms with Crippen molar-refractivity contribution in [2.24, 2.45) is 11.3 Å². The molecule has 21 heavy (non-hydrogen) atoms. The van der Waals surface area contributed by atoms with Crippen LogP contribution in [0.15, 0.2) is 30.3 Å². The molecule has 0 unspecified atom stereocenters. The zero-order valence-corrected chi connectivity index (χ0v) is 12.4. The van der Waals surface area contributed by atoms with Gasteiger partial charge in [-0.05, 0) is 25.0 Å². The summed E-state index contributed by atoms with van der Waals surface area (Å²) in [6.07, 6.45) is 7.56. The van der Waals surface area contributed by atoms with Gasteiger partial charge in [-0.3, -0.25) is 4.79 Å². The van der Waals surface area contributed by atoms with Gasteiger partial charge in [0.15, 0.2) is 0 Å². The summed E-state index contributed by atoms with van der Waals surface area (Å²) in [7, 11) is 0. The van der Waals surface area contributed by atoms with Gasteiger partial charge in [-0.1, -0.05) is 55.7 Å². The first-order valence-corrected chi connectivity index (χ1v) is 8.02. The number of esters is 1. The van der Waals surface area contributed by atoms with Crippen molar-refractivity contribution in [3.8, 4) is 11.8 Å². The van der Waals surface area contributed by atoms with E-state index in [2.05, 4.69) is 11.8 Å². The Bertz CT molecular complexity index is 552. The first kappa shape index (κ1) is 14.2. The molecule has 1 aromatic carbocycles. The van der Waals surface area contributed by atoms with Crippen LogP contribution >= 0.6 is 0 Å². The highest BCUT2D eigenvalue weighted by Crippen LogP contribution is 2.46. The maximum Gasteiger partial charge on any atom is 0.313 e. The minimum absolute atomic E-state index is 0.00300. The predicted octanol–water partition coefficient (Wildman–Crippen LogP) is 3.94. The highest BCUT2D eigenvalue weighted by Gasteiger charge is 2.51. The quantitative estimate of drug-likeness (QED) is 0.576. The van der Waals surface area contributed by atoms with Crippen molar-refractivity contribution in [2.75, 3.05) is 6.61 Å². The summed E-state index contributed by atoms with van der Waals surface area (Å²) in [5.41, 5.74) is 0.685. The SMILES string of the molecule is O=C1OC[C@H]2CCCCCC[C@@]12CC#Cc1ccccc1. The summed E-state index contributed by atoms with van der Waals surface area (Å²) < 4.78 is 5.41. The molecule has 2 aliphatic rings. The molecule has 0 radical (unpaired) electrons. The molecule has 1 heterocycles. The number of fused-ring (bicyclic) bond motifs is 1. The molecule has 2 atom stereocenters. The van der Waals surface area contributed by atoms with Crippen LogP contribution in [-0.2, 0) is 9.53 Å². The van der Waals surface area contributed by atoms with Crippen molar-refractivity contribution in [3.63, 3.8) is 0 Å². The Morgan fingerprint density at radius 2 is 1.95 bits per heavy atom. The first-order chi connectivity index (χ1) is 10.3. The number of cyclic esters (lactones) is 1. The minimum atomic E-state index is -0.331. The van der Waals surface area contributed by atoms with E-state index in [0.29, 0.717) is 18.9 Å². The molecular formula is C19H22O2. The second kappa shape index (κ2) is 6.35. The standard InChI is InChI=1S/C19H22O2/c20-18-19(14-8-11-16-9-4-3-5-10-16)13-7-2-1-6-12-17(19)15-21-18/h3-5,9-10,17H,1-2,6-7,12-15H2/t17-,19+/m1/s1. The van der Waals surface area contributed by atoms with Crippen LogP contribution in [0, 0.1) is 23.2 Å². The predicted molar refractivity (Wildman–Crippen MR) is 82.5 cm³/mol. The number of hydrogen-bond donors (Lipinski definition) is 0. The molecule has 1 saturated carbocycles. The maximum atomic E-state index is 12.3. The van der Waals surface area contributed by atoms with Crippen LogP contribution < -0.4 is 0 Å². The molecule has 0 aromatic heterocycles. The Hall–Kier alpha value is -1.75. The summed E-state index contributed by atoms with van der Waals surface area (Å²) in [4.78, 5) is 12.3. The molecule has 0 bridgehead atoms. The normalized spacial score (nSPS) is 28.6. The lowest BCUT2D eigenvalue weighted by molar-refractivity contribution is -0.147. The molecule has 2 fully saturated rings. The van der Waals surface area contributed by atoms with Gasteiger partial charge >= 0.3 is 5.97 Å². The smallest absolute Gasteiger partial charge is 0.313 e. The second-order valence-corrected chi connectivity index (χ2v) is 6.25. The van der Waals surface area contributed by atoms with E-state index in [1.54, 1.807) is 0 Å². The number of carbonyl (C=O) groups is 1. The third-order valence-electron chi connectivity index (χ3n) is 4.94. The van der Waals surface area contributed by atoms with Crippen LogP contribution in [0.25, 0.3) is 0 Å². The topological polar surface area (TPSA) is 26.3 Å². The number of rotatable bonds is 1. The zero-order valence-electron chi connectivity index (χ0n) is 12.4. The fraction of sp³-hybridized carbons (Fsp3) is 0.526. The summed E-state index contributed by atoms with van der Waals surface area (Å²) in [5.74, 6) is 6.83. The van der Waals surface area contributed by atoms with Crippen LogP contribution in [0.1, 0.15) is 50.5 Å². The molecule has 1 aliphatic heterocycles. The van der Waals surface area contributed by atoms with Gasteiger partial charge in [0, 0.05) is 17.9 Å². The maximum absolute atomic E-state index is 12.3. The first-order valence-electron chi connectivity index (χ1n) is 8.02. The van der Waals surface area contributed by atoms with Crippen LogP contribution in [0.5, 0.6) is 0 Å². The van der Waals surface area contributed by atoms with Crippen molar-refractivity contribution >= 4 is 5.97 Å². The van der Waals surface area contributed by atoms with Gasteiger partial charge in [-0.25, -0.2) is 0 Å². The minimum Gasteiger partial charge on any atom is -0.465 e. The van der Waals surface area contributed by atoms with Crippen molar-refractivity contribution < 1.29 is 9.53 Å². The molecule has 3 rings (SSSR count). The van der Waals surface area contributed by atoms with Crippen molar-refractivity contribution in [1.29, 1.82) is 0 Å². The monoisotopic (exact) mass is 282 g/mol. The third kappa shape index (κ3) is 2.97. The molecule has 110 valence electrons. The molecule has 0 spiro atoms. The van der Waals surface area contributed by atoms with E-state index in [1.807, 2.05) is 30.3 Å². The second-order valence-electron chi connectivity index (χ2n) is 6.25. The highest BCUT2D eigenvalue weighted by molar-refractivity contribution is 5.79. The molecule has 0 amide bonds. The highest BCUT2D eigenvalue weighted by atomic mass is 16.5. The zero-order chi connectivity index (χ0) is 14.5. The fourth-order valence-electron chi connectivity index (χ4n) is 3.63. The lowest BCUT2D eigenvalue weighted by Gasteiger charge is -2.31. The van der Waals surface area contributed by atoms with Gasteiger partial charge in [-0.15, -0.1) is 0 Å². The summed E-state index contributed by atoms with van der Waals surface area (Å²) in [6.45, 7) is 0.603. The van der Waals surface area contributed by atoms with E-state index in [4.69, 9.17) is 4.74 Å². The Labute approximate surface area is 126 Å². The Balaban J connectivity index is 1.79. The molecule has 1 saturated heterocycles. The number of benzene rings is 1. The van der Waals surface area contributed by atoms with E-state index in [9.17, 15) is 4.79 Å². The van der Waals surface area contributed by atoms with Gasteiger partial charge < -0.3 is 4.74 Å². The average Bonchev–Trinajstić information content (AvgIpc) is 2.77. The molecule has 2 heteroatoms. The van der Waals surface area contributed by atoms with Crippen molar-refractivity contribution in [3.05, 3.63) is 35.9 Å². The lowest BCUT2D eigenvalue weighted by Crippen LogP contribution is -2.34. The van der Waals surface area contributed by atoms with Crippen LogP contribution in [0.3, 0.4) is 0 Å². The number of ether oxygens (including phenoxy) is 1. The molecule has 1 aromatic rings. The summed E-state index contributed by atoms with van der Waals surface area (Å²) >= 11 is 0. The van der Waals surface area contributed by atoms with E-state index < -0.39 is 0 Å². The van der Waals surface area contributed by atoms with Gasteiger partial charge in [0.05, 0.1) is 12.0 Å². The molecule has 0 N–H and O–H groups in total. The molecule has 1 aliphatic carbocycles. The lowest BCUT2D eigenvalue weighted by atomic mass is 9.68. The van der Waals surface area contributed by atoms with Crippen molar-refractivity contribution in [2.45, 2.75) is 44.9 Å². The van der Waals surface area contributed by atoms with E-state index in [-0.39, 0.29) is 11.4 Å². The third-order valence-corrected chi connectivity index (χ3v) is 4.94. The van der Waals surface area contributed by atoms with Gasteiger partial charge in [-0.2, -0.15) is 0 Å². The molecular weight excluding hydrogens is 260 g/mol. The van der Waals surface area contributed by atoms with Crippen LogP contribution in [-0.4, -0.2) is 12.6 Å².